The predicted molar refractivity (Wildman–Crippen MR) is 86.4 cm³/mol. The van der Waals surface area contributed by atoms with E-state index in [0.29, 0.717) is 13.1 Å². The van der Waals surface area contributed by atoms with Crippen molar-refractivity contribution in [1.82, 2.24) is 10.6 Å². The monoisotopic (exact) mass is 318 g/mol. The van der Waals surface area contributed by atoms with Crippen molar-refractivity contribution in [3.63, 3.8) is 0 Å². The van der Waals surface area contributed by atoms with Crippen LogP contribution in [0.2, 0.25) is 0 Å². The summed E-state index contributed by atoms with van der Waals surface area (Å²) in [5.74, 6) is 2.13. The number of hydrogen-bond donors (Lipinski definition) is 2. The minimum atomic E-state index is -0.346. The second-order valence-electron chi connectivity index (χ2n) is 5.08. The Balaban J connectivity index is 1.87. The largest absolute Gasteiger partial charge is 0.497 e. The van der Waals surface area contributed by atoms with Gasteiger partial charge in [-0.1, -0.05) is 0 Å². The Labute approximate surface area is 135 Å². The minimum absolute atomic E-state index is 0.0942. The normalized spacial score (nSPS) is 11.8. The Morgan fingerprint density at radius 3 is 2.70 bits per heavy atom. The molecule has 1 aromatic carbocycles. The lowest BCUT2D eigenvalue weighted by Crippen LogP contribution is -2.41. The zero-order valence-electron chi connectivity index (χ0n) is 13.6. The van der Waals surface area contributed by atoms with Crippen LogP contribution in [0.4, 0.5) is 0 Å². The highest BCUT2D eigenvalue weighted by Gasteiger charge is 2.14. The molecule has 1 atom stereocenters. The fourth-order valence-electron chi connectivity index (χ4n) is 2.12. The van der Waals surface area contributed by atoms with Crippen LogP contribution in [0, 0.1) is 0 Å². The van der Waals surface area contributed by atoms with Crippen LogP contribution >= 0.6 is 0 Å². The first-order valence-electron chi connectivity index (χ1n) is 7.38. The van der Waals surface area contributed by atoms with Gasteiger partial charge in [0.15, 0.2) is 0 Å². The molecule has 2 N–H and O–H groups in total. The lowest BCUT2D eigenvalue weighted by Gasteiger charge is -2.16. The molecular weight excluding hydrogens is 296 g/mol. The van der Waals surface area contributed by atoms with Crippen molar-refractivity contribution in [2.75, 3.05) is 14.2 Å². The van der Waals surface area contributed by atoms with E-state index < -0.39 is 0 Å². The van der Waals surface area contributed by atoms with Crippen molar-refractivity contribution in [3.8, 4) is 11.5 Å². The molecule has 0 aliphatic heterocycles. The van der Waals surface area contributed by atoms with Gasteiger partial charge in [-0.15, -0.1) is 0 Å². The highest BCUT2D eigenvalue weighted by molar-refractivity contribution is 5.81. The lowest BCUT2D eigenvalue weighted by molar-refractivity contribution is -0.123. The van der Waals surface area contributed by atoms with Gasteiger partial charge in [0.25, 0.3) is 0 Å². The number of hydrogen-bond acceptors (Lipinski definition) is 5. The molecule has 0 radical (unpaired) electrons. The second kappa shape index (κ2) is 8.24. The van der Waals surface area contributed by atoms with E-state index in [2.05, 4.69) is 10.6 Å². The van der Waals surface area contributed by atoms with Crippen molar-refractivity contribution in [2.24, 2.45) is 0 Å². The van der Waals surface area contributed by atoms with Crippen molar-refractivity contribution >= 4 is 5.91 Å². The molecule has 0 spiro atoms. The van der Waals surface area contributed by atoms with Gasteiger partial charge in [-0.05, 0) is 37.3 Å². The van der Waals surface area contributed by atoms with Gasteiger partial charge in [0.2, 0.25) is 5.91 Å². The summed E-state index contributed by atoms with van der Waals surface area (Å²) in [6.07, 6.45) is 1.58. The van der Waals surface area contributed by atoms with Crippen molar-refractivity contribution in [1.29, 1.82) is 0 Å². The molecule has 2 rings (SSSR count). The van der Waals surface area contributed by atoms with E-state index in [1.165, 1.54) is 0 Å². The van der Waals surface area contributed by atoms with Gasteiger partial charge in [0.1, 0.15) is 17.3 Å². The van der Waals surface area contributed by atoms with Crippen LogP contribution in [0.1, 0.15) is 18.2 Å². The molecule has 0 aliphatic rings. The SMILES string of the molecule is COc1ccc(OC)c(CNC(C)C(=O)NCc2ccco2)c1. The van der Waals surface area contributed by atoms with Crippen molar-refractivity contribution < 1.29 is 18.7 Å². The first-order chi connectivity index (χ1) is 11.1. The highest BCUT2D eigenvalue weighted by atomic mass is 16.5. The van der Waals surface area contributed by atoms with Gasteiger partial charge in [-0.2, -0.15) is 0 Å². The summed E-state index contributed by atoms with van der Waals surface area (Å²) < 4.78 is 15.7. The number of methoxy groups -OCH3 is 2. The lowest BCUT2D eigenvalue weighted by atomic mass is 10.1. The summed E-state index contributed by atoms with van der Waals surface area (Å²) in [7, 11) is 3.23. The van der Waals surface area contributed by atoms with E-state index in [9.17, 15) is 4.79 Å². The van der Waals surface area contributed by atoms with Gasteiger partial charge < -0.3 is 24.5 Å². The average Bonchev–Trinajstić information content (AvgIpc) is 3.10. The van der Waals surface area contributed by atoms with Crippen LogP contribution in [0.25, 0.3) is 0 Å². The van der Waals surface area contributed by atoms with E-state index in [4.69, 9.17) is 13.9 Å². The summed E-state index contributed by atoms with van der Waals surface area (Å²) in [4.78, 5) is 12.1. The minimum Gasteiger partial charge on any atom is -0.497 e. The van der Waals surface area contributed by atoms with Crippen LogP contribution in [-0.4, -0.2) is 26.2 Å². The third-order valence-electron chi connectivity index (χ3n) is 3.50. The topological polar surface area (TPSA) is 72.7 Å². The third-order valence-corrected chi connectivity index (χ3v) is 3.50. The molecule has 124 valence electrons. The first kappa shape index (κ1) is 16.9. The molecule has 1 aromatic heterocycles. The molecule has 0 fully saturated rings. The zero-order valence-corrected chi connectivity index (χ0v) is 13.6. The quantitative estimate of drug-likeness (QED) is 0.780. The Morgan fingerprint density at radius 2 is 2.04 bits per heavy atom. The number of amides is 1. The molecule has 1 amide bonds. The van der Waals surface area contributed by atoms with Crippen LogP contribution in [-0.2, 0) is 17.9 Å². The van der Waals surface area contributed by atoms with E-state index in [1.807, 2.05) is 31.2 Å². The molecule has 0 bridgehead atoms. The number of nitrogens with one attached hydrogen (secondary N) is 2. The summed E-state index contributed by atoms with van der Waals surface area (Å²) in [6, 6.07) is 8.83. The number of carbonyl (C=O) groups excluding carboxylic acids is 1. The van der Waals surface area contributed by atoms with Crippen LogP contribution in [0.5, 0.6) is 11.5 Å². The molecule has 0 aliphatic carbocycles. The third kappa shape index (κ3) is 4.75. The maximum atomic E-state index is 12.1. The number of ether oxygens (including phenoxy) is 2. The Bertz CT molecular complexity index is 626. The summed E-state index contributed by atoms with van der Waals surface area (Å²) in [5.41, 5.74) is 0.928. The predicted octanol–water partition coefficient (Wildman–Crippen LogP) is 2.09. The molecular formula is C17H22N2O4. The van der Waals surface area contributed by atoms with E-state index in [0.717, 1.165) is 22.8 Å². The molecule has 2 aromatic rings. The van der Waals surface area contributed by atoms with E-state index in [1.54, 1.807) is 26.5 Å². The number of benzene rings is 1. The summed E-state index contributed by atoms with van der Waals surface area (Å²) in [5, 5.41) is 6.00. The molecule has 0 saturated heterocycles. The molecule has 0 saturated carbocycles. The average molecular weight is 318 g/mol. The van der Waals surface area contributed by atoms with Crippen molar-refractivity contribution in [3.05, 3.63) is 47.9 Å². The van der Waals surface area contributed by atoms with E-state index in [-0.39, 0.29) is 11.9 Å². The van der Waals surface area contributed by atoms with Crippen molar-refractivity contribution in [2.45, 2.75) is 26.1 Å². The number of furan rings is 1. The Morgan fingerprint density at radius 1 is 1.22 bits per heavy atom. The smallest absolute Gasteiger partial charge is 0.237 e. The van der Waals surface area contributed by atoms with Crippen LogP contribution in [0.3, 0.4) is 0 Å². The van der Waals surface area contributed by atoms with Gasteiger partial charge >= 0.3 is 0 Å². The zero-order chi connectivity index (χ0) is 16.7. The second-order valence-corrected chi connectivity index (χ2v) is 5.08. The number of carbonyl (C=O) groups is 1. The Kier molecular flexibility index (Phi) is 6.05. The van der Waals surface area contributed by atoms with Crippen LogP contribution < -0.4 is 20.1 Å². The Hall–Kier alpha value is -2.47. The molecule has 1 heterocycles. The maximum absolute atomic E-state index is 12.1. The standard InChI is InChI=1S/C17H22N2O4/c1-12(17(20)19-11-15-5-4-8-23-15)18-10-13-9-14(21-2)6-7-16(13)22-3/h4-9,12,18H,10-11H2,1-3H3,(H,19,20). The van der Waals surface area contributed by atoms with Gasteiger partial charge in [0.05, 0.1) is 33.1 Å². The van der Waals surface area contributed by atoms with E-state index >= 15 is 0 Å². The number of rotatable bonds is 8. The molecule has 1 unspecified atom stereocenters. The molecule has 23 heavy (non-hydrogen) atoms. The fraction of sp³-hybridized carbons (Fsp3) is 0.353. The highest BCUT2D eigenvalue weighted by Crippen LogP contribution is 2.23. The maximum Gasteiger partial charge on any atom is 0.237 e. The van der Waals surface area contributed by atoms with Gasteiger partial charge in [0, 0.05) is 12.1 Å². The van der Waals surface area contributed by atoms with Gasteiger partial charge in [-0.3, -0.25) is 4.79 Å². The summed E-state index contributed by atoms with van der Waals surface area (Å²) in [6.45, 7) is 2.68. The first-order valence-corrected chi connectivity index (χ1v) is 7.38. The molecule has 6 heteroatoms. The fourth-order valence-corrected chi connectivity index (χ4v) is 2.12. The summed E-state index contributed by atoms with van der Waals surface area (Å²) >= 11 is 0. The molecule has 6 nitrogen and oxygen atoms in total. The van der Waals surface area contributed by atoms with Crippen LogP contribution in [0.15, 0.2) is 41.0 Å². The van der Waals surface area contributed by atoms with Gasteiger partial charge in [-0.25, -0.2) is 0 Å².